The molecule has 0 spiro atoms. The molecule has 17 heavy (non-hydrogen) atoms. The zero-order valence-corrected chi connectivity index (χ0v) is 11.0. The first-order valence-corrected chi connectivity index (χ1v) is 8.43. The molecule has 1 atom stereocenters. The van der Waals surface area contributed by atoms with Crippen LogP contribution >= 0.6 is 0 Å². The van der Waals surface area contributed by atoms with Gasteiger partial charge in [-0.3, -0.25) is 0 Å². The molecule has 0 aromatic carbocycles. The number of hydrogen-bond donors (Lipinski definition) is 2. The zero-order chi connectivity index (χ0) is 11.9. The molecule has 2 N–H and O–H groups in total. The van der Waals surface area contributed by atoms with Crippen LogP contribution in [0.3, 0.4) is 0 Å². The summed E-state index contributed by atoms with van der Waals surface area (Å²) in [5, 5.41) is 2.97. The lowest BCUT2D eigenvalue weighted by molar-refractivity contribution is 0.448. The molecule has 0 radical (unpaired) electrons. The quantitative estimate of drug-likeness (QED) is 0.768. The average molecular weight is 258 g/mol. The molecule has 2 aliphatic carbocycles. The first-order chi connectivity index (χ1) is 8.17. The van der Waals surface area contributed by atoms with E-state index in [1.807, 2.05) is 0 Å². The van der Waals surface area contributed by atoms with E-state index in [1.165, 1.54) is 25.7 Å². The molecule has 0 bridgehead atoms. The molecule has 3 aliphatic rings. The summed E-state index contributed by atoms with van der Waals surface area (Å²) in [7, 11) is -3.11. The summed E-state index contributed by atoms with van der Waals surface area (Å²) in [6.07, 6.45) is 6.64. The molecule has 0 aromatic heterocycles. The molecule has 1 saturated heterocycles. The number of sulfonamides is 1. The highest BCUT2D eigenvalue weighted by Crippen LogP contribution is 2.44. The Hall–Kier alpha value is -0.130. The van der Waals surface area contributed by atoms with E-state index < -0.39 is 10.0 Å². The Labute approximate surface area is 104 Å². The van der Waals surface area contributed by atoms with E-state index >= 15 is 0 Å². The third-order valence-corrected chi connectivity index (χ3v) is 6.13. The maximum Gasteiger partial charge on any atom is 0.216 e. The SMILES string of the molecule is O=S(=O)(NC(C1CC1)C1CC1)C1CCCNC1. The Morgan fingerprint density at radius 3 is 2.18 bits per heavy atom. The van der Waals surface area contributed by atoms with Crippen LogP contribution in [0.25, 0.3) is 0 Å². The maximum atomic E-state index is 12.3. The zero-order valence-electron chi connectivity index (χ0n) is 10.2. The lowest BCUT2D eigenvalue weighted by Gasteiger charge is -2.26. The normalized spacial score (nSPS) is 30.8. The summed E-state index contributed by atoms with van der Waals surface area (Å²) >= 11 is 0. The predicted octanol–water partition coefficient (Wildman–Crippen LogP) is 0.846. The fraction of sp³-hybridized carbons (Fsp3) is 1.00. The molecule has 1 unspecified atom stereocenters. The topological polar surface area (TPSA) is 58.2 Å². The van der Waals surface area contributed by atoms with Gasteiger partial charge >= 0.3 is 0 Å². The molecule has 1 aliphatic heterocycles. The van der Waals surface area contributed by atoms with Gasteiger partial charge in [0.25, 0.3) is 0 Å². The van der Waals surface area contributed by atoms with Crippen molar-refractivity contribution in [3.63, 3.8) is 0 Å². The summed E-state index contributed by atoms with van der Waals surface area (Å²) in [5.74, 6) is 1.27. The Kier molecular flexibility index (Phi) is 3.17. The fourth-order valence-corrected chi connectivity index (χ4v) is 4.63. The van der Waals surface area contributed by atoms with Gasteiger partial charge in [-0.25, -0.2) is 13.1 Å². The van der Waals surface area contributed by atoms with Gasteiger partial charge in [-0.15, -0.1) is 0 Å². The Morgan fingerprint density at radius 2 is 1.71 bits per heavy atom. The highest BCUT2D eigenvalue weighted by atomic mass is 32.2. The molecular weight excluding hydrogens is 236 g/mol. The van der Waals surface area contributed by atoms with Crippen LogP contribution in [0, 0.1) is 11.8 Å². The number of piperidine rings is 1. The standard InChI is InChI=1S/C12H22N2O2S/c15-17(16,11-2-1-7-13-8-11)14-12(9-3-4-9)10-5-6-10/h9-14H,1-8H2. The largest absolute Gasteiger partial charge is 0.315 e. The maximum absolute atomic E-state index is 12.3. The van der Waals surface area contributed by atoms with Crippen LogP contribution in [0.4, 0.5) is 0 Å². The second-order valence-corrected chi connectivity index (χ2v) is 7.82. The van der Waals surface area contributed by atoms with Gasteiger partial charge < -0.3 is 5.32 Å². The van der Waals surface area contributed by atoms with Crippen LogP contribution in [-0.4, -0.2) is 32.8 Å². The van der Waals surface area contributed by atoms with Crippen LogP contribution in [0.1, 0.15) is 38.5 Å². The summed E-state index contributed by atoms with van der Waals surface area (Å²) in [6, 6.07) is 0.252. The van der Waals surface area contributed by atoms with Crippen LogP contribution in [0.15, 0.2) is 0 Å². The molecule has 0 amide bonds. The summed E-state index contributed by atoms with van der Waals surface area (Å²) in [5.41, 5.74) is 0. The Bertz CT molecular complexity index is 356. The highest BCUT2D eigenvalue weighted by Gasteiger charge is 2.44. The third kappa shape index (κ3) is 2.83. The molecule has 98 valence electrons. The highest BCUT2D eigenvalue weighted by molar-refractivity contribution is 7.90. The van der Waals surface area contributed by atoms with Gasteiger partial charge in [-0.05, 0) is 56.9 Å². The molecule has 2 saturated carbocycles. The molecular formula is C12H22N2O2S. The monoisotopic (exact) mass is 258 g/mol. The third-order valence-electron chi connectivity index (χ3n) is 4.25. The minimum absolute atomic E-state index is 0.212. The predicted molar refractivity (Wildman–Crippen MR) is 67.2 cm³/mol. The molecule has 0 aromatic rings. The molecule has 3 rings (SSSR count). The van der Waals surface area contributed by atoms with Gasteiger partial charge in [-0.1, -0.05) is 0 Å². The van der Waals surface area contributed by atoms with Crippen molar-refractivity contribution < 1.29 is 8.42 Å². The van der Waals surface area contributed by atoms with Crippen molar-refractivity contribution in [2.45, 2.75) is 49.8 Å². The fourth-order valence-electron chi connectivity index (χ4n) is 2.86. The van der Waals surface area contributed by atoms with Crippen molar-refractivity contribution in [3.05, 3.63) is 0 Å². The van der Waals surface area contributed by atoms with Gasteiger partial charge in [-0.2, -0.15) is 0 Å². The van der Waals surface area contributed by atoms with E-state index in [1.54, 1.807) is 0 Å². The van der Waals surface area contributed by atoms with E-state index in [0.29, 0.717) is 18.4 Å². The van der Waals surface area contributed by atoms with Crippen LogP contribution in [0.5, 0.6) is 0 Å². The van der Waals surface area contributed by atoms with E-state index in [0.717, 1.165) is 19.4 Å². The number of rotatable bonds is 5. The van der Waals surface area contributed by atoms with Crippen molar-refractivity contribution in [3.8, 4) is 0 Å². The summed E-state index contributed by atoms with van der Waals surface area (Å²) < 4.78 is 27.6. The van der Waals surface area contributed by atoms with Gasteiger partial charge in [0.1, 0.15) is 0 Å². The van der Waals surface area contributed by atoms with Crippen LogP contribution in [-0.2, 0) is 10.0 Å². The lowest BCUT2D eigenvalue weighted by atomic mass is 10.1. The first kappa shape index (κ1) is 11.9. The van der Waals surface area contributed by atoms with Crippen molar-refractivity contribution in [1.82, 2.24) is 10.0 Å². The Morgan fingerprint density at radius 1 is 1.06 bits per heavy atom. The minimum atomic E-state index is -3.11. The molecule has 1 heterocycles. The van der Waals surface area contributed by atoms with Gasteiger partial charge in [0.05, 0.1) is 5.25 Å². The van der Waals surface area contributed by atoms with Crippen LogP contribution < -0.4 is 10.0 Å². The molecule has 5 heteroatoms. The second-order valence-electron chi connectivity index (χ2n) is 5.83. The van der Waals surface area contributed by atoms with Gasteiger partial charge in [0, 0.05) is 12.6 Å². The second kappa shape index (κ2) is 4.52. The van der Waals surface area contributed by atoms with Crippen molar-refractivity contribution in [1.29, 1.82) is 0 Å². The minimum Gasteiger partial charge on any atom is -0.315 e. The first-order valence-electron chi connectivity index (χ1n) is 6.89. The van der Waals surface area contributed by atoms with Crippen LogP contribution in [0.2, 0.25) is 0 Å². The van der Waals surface area contributed by atoms with Gasteiger partial charge in [0.15, 0.2) is 0 Å². The van der Waals surface area contributed by atoms with Crippen molar-refractivity contribution in [2.24, 2.45) is 11.8 Å². The van der Waals surface area contributed by atoms with Crippen molar-refractivity contribution in [2.75, 3.05) is 13.1 Å². The van der Waals surface area contributed by atoms with Crippen molar-refractivity contribution >= 4 is 10.0 Å². The number of hydrogen-bond acceptors (Lipinski definition) is 3. The lowest BCUT2D eigenvalue weighted by Crippen LogP contribution is -2.48. The molecule has 4 nitrogen and oxygen atoms in total. The van der Waals surface area contributed by atoms with E-state index in [4.69, 9.17) is 0 Å². The Balaban J connectivity index is 1.64. The van der Waals surface area contributed by atoms with E-state index in [9.17, 15) is 8.42 Å². The number of nitrogens with one attached hydrogen (secondary N) is 2. The van der Waals surface area contributed by atoms with E-state index in [2.05, 4.69) is 10.0 Å². The average Bonchev–Trinajstić information content (AvgIpc) is 3.18. The smallest absolute Gasteiger partial charge is 0.216 e. The molecule has 3 fully saturated rings. The summed E-state index contributed by atoms with van der Waals surface area (Å²) in [6.45, 7) is 1.58. The summed E-state index contributed by atoms with van der Waals surface area (Å²) in [4.78, 5) is 0. The van der Waals surface area contributed by atoms with Gasteiger partial charge in [0.2, 0.25) is 10.0 Å². The van der Waals surface area contributed by atoms with E-state index in [-0.39, 0.29) is 11.3 Å².